The maximum Gasteiger partial charge on any atom is 0.331 e. The molecule has 1 aliphatic heterocycles. The summed E-state index contributed by atoms with van der Waals surface area (Å²) in [6.07, 6.45) is 9.65. The van der Waals surface area contributed by atoms with E-state index in [9.17, 15) is 14.7 Å². The van der Waals surface area contributed by atoms with Gasteiger partial charge in [-0.1, -0.05) is 48.9 Å². The van der Waals surface area contributed by atoms with E-state index in [1.165, 1.54) is 5.57 Å². The van der Waals surface area contributed by atoms with Gasteiger partial charge in [0, 0.05) is 32.7 Å². The van der Waals surface area contributed by atoms with Crippen molar-refractivity contribution in [1.29, 1.82) is 0 Å². The Labute approximate surface area is 214 Å². The van der Waals surface area contributed by atoms with Crippen LogP contribution < -0.4 is 5.32 Å². The third-order valence-electron chi connectivity index (χ3n) is 6.36. The minimum Gasteiger partial charge on any atom is -0.481 e. The zero-order chi connectivity index (χ0) is 25.8. The highest BCUT2D eigenvalue weighted by Gasteiger charge is 2.30. The third-order valence-corrected chi connectivity index (χ3v) is 7.71. The van der Waals surface area contributed by atoms with Gasteiger partial charge in [-0.3, -0.25) is 4.79 Å². The van der Waals surface area contributed by atoms with Crippen molar-refractivity contribution in [1.82, 2.24) is 9.97 Å². The van der Waals surface area contributed by atoms with Crippen LogP contribution in [0, 0.1) is 12.8 Å². The summed E-state index contributed by atoms with van der Waals surface area (Å²) in [7, 11) is 0. The minimum atomic E-state index is -0.864. The van der Waals surface area contributed by atoms with Crippen LogP contribution in [0.2, 0.25) is 0 Å². The van der Waals surface area contributed by atoms with Crippen LogP contribution in [0.25, 0.3) is 4.91 Å². The molecule has 0 spiro atoms. The topological polar surface area (TPSA) is 112 Å². The molecule has 0 bridgehead atoms. The highest BCUT2D eigenvalue weighted by molar-refractivity contribution is 8.09. The number of aromatic nitrogens is 2. The molecule has 2 aromatic rings. The van der Waals surface area contributed by atoms with Crippen molar-refractivity contribution >= 4 is 40.1 Å². The van der Waals surface area contributed by atoms with Gasteiger partial charge in [0.2, 0.25) is 0 Å². The second-order valence-electron chi connectivity index (χ2n) is 9.02. The van der Waals surface area contributed by atoms with Crippen LogP contribution in [0.4, 0.5) is 11.5 Å². The van der Waals surface area contributed by atoms with Crippen LogP contribution in [0.5, 0.6) is 0 Å². The Balaban J connectivity index is 1.57. The fraction of sp³-hybridized carbons (Fsp3) is 0.286. The van der Waals surface area contributed by atoms with Crippen LogP contribution in [0.15, 0.2) is 66.3 Å². The molecule has 3 N–H and O–H groups in total. The lowest BCUT2D eigenvalue weighted by Crippen LogP contribution is -2.17. The molecule has 186 valence electrons. The minimum absolute atomic E-state index is 0.0201. The SMILES string of the molecule is C=CCc1c(C)nc(C2=CCC(C3=CC=C(C(=O)O)CC3C)S2)nc1Nc1ccc(CC(=O)O)cc1. The number of thioether (sulfide) groups is 1. The van der Waals surface area contributed by atoms with E-state index in [0.717, 1.165) is 33.8 Å². The summed E-state index contributed by atoms with van der Waals surface area (Å²) in [6, 6.07) is 7.29. The second kappa shape index (κ2) is 11.0. The maximum absolute atomic E-state index is 11.3. The number of aliphatic carboxylic acids is 2. The summed E-state index contributed by atoms with van der Waals surface area (Å²) >= 11 is 1.72. The van der Waals surface area contributed by atoms with Gasteiger partial charge in [0.05, 0.1) is 6.42 Å². The molecule has 0 amide bonds. The largest absolute Gasteiger partial charge is 0.481 e. The highest BCUT2D eigenvalue weighted by atomic mass is 32.2. The molecule has 8 heteroatoms. The van der Waals surface area contributed by atoms with Gasteiger partial charge < -0.3 is 15.5 Å². The van der Waals surface area contributed by atoms with Crippen molar-refractivity contribution in [2.75, 3.05) is 5.32 Å². The van der Waals surface area contributed by atoms with Crippen molar-refractivity contribution in [2.24, 2.45) is 5.92 Å². The molecule has 0 fully saturated rings. The predicted molar refractivity (Wildman–Crippen MR) is 143 cm³/mol. The van der Waals surface area contributed by atoms with Crippen LogP contribution in [0.1, 0.15) is 42.4 Å². The second-order valence-corrected chi connectivity index (χ2v) is 10.3. The number of carboxylic acids is 2. The first kappa shape index (κ1) is 25.4. The van der Waals surface area contributed by atoms with Crippen molar-refractivity contribution in [2.45, 2.75) is 44.8 Å². The number of rotatable bonds is 9. The summed E-state index contributed by atoms with van der Waals surface area (Å²) in [4.78, 5) is 33.0. The zero-order valence-corrected chi connectivity index (χ0v) is 21.1. The molecular formula is C28H29N3O4S. The molecule has 2 atom stereocenters. The van der Waals surface area contributed by atoms with Crippen molar-refractivity contribution in [3.05, 3.63) is 88.9 Å². The van der Waals surface area contributed by atoms with E-state index in [4.69, 9.17) is 15.1 Å². The van der Waals surface area contributed by atoms with Crippen LogP contribution in [-0.2, 0) is 22.4 Å². The maximum atomic E-state index is 11.3. The molecule has 2 unspecified atom stereocenters. The van der Waals surface area contributed by atoms with Crippen molar-refractivity contribution < 1.29 is 19.8 Å². The fourth-order valence-corrected chi connectivity index (χ4v) is 5.82. The Hall–Kier alpha value is -3.65. The van der Waals surface area contributed by atoms with Gasteiger partial charge in [-0.05, 0) is 49.8 Å². The summed E-state index contributed by atoms with van der Waals surface area (Å²) in [5, 5.41) is 21.9. The lowest BCUT2D eigenvalue weighted by atomic mass is 9.86. The first-order valence-electron chi connectivity index (χ1n) is 11.8. The van der Waals surface area contributed by atoms with Gasteiger partial charge in [-0.25, -0.2) is 14.8 Å². The van der Waals surface area contributed by atoms with E-state index in [-0.39, 0.29) is 17.6 Å². The molecule has 2 aliphatic rings. The summed E-state index contributed by atoms with van der Waals surface area (Å²) in [5.74, 6) is -0.186. The number of anilines is 2. The number of hydrogen-bond donors (Lipinski definition) is 3. The number of nitrogens with one attached hydrogen (secondary N) is 1. The van der Waals surface area contributed by atoms with Crippen LogP contribution >= 0.6 is 11.8 Å². The number of allylic oxidation sites excluding steroid dienone is 4. The van der Waals surface area contributed by atoms with Crippen molar-refractivity contribution in [3.63, 3.8) is 0 Å². The first-order chi connectivity index (χ1) is 17.2. The molecule has 1 aromatic heterocycles. The van der Waals surface area contributed by atoms with E-state index < -0.39 is 11.9 Å². The molecule has 7 nitrogen and oxygen atoms in total. The number of aryl methyl sites for hydroxylation is 1. The quantitative estimate of drug-likeness (QED) is 0.373. The number of nitrogens with zero attached hydrogens (tertiary/aromatic N) is 2. The van der Waals surface area contributed by atoms with Crippen LogP contribution in [-0.4, -0.2) is 37.4 Å². The molecule has 0 radical (unpaired) electrons. The standard InChI is InChI=1S/C28H29N3O4S/c1-4-5-22-17(3)29-27(31-26(22)30-20-9-6-18(7-10-20)15-25(32)33)24-13-12-23(36-24)21-11-8-19(28(34)35)14-16(21)2/h4,6-11,13,16,23H,1,5,12,14-15H2,2-3H3,(H,32,33)(H,34,35)(H,29,30,31). The fourth-order valence-electron chi connectivity index (χ4n) is 4.49. The normalized spacial score (nSPS) is 19.2. The molecule has 1 aliphatic carbocycles. The lowest BCUT2D eigenvalue weighted by molar-refractivity contribution is -0.136. The van der Waals surface area contributed by atoms with E-state index in [1.807, 2.05) is 31.2 Å². The summed E-state index contributed by atoms with van der Waals surface area (Å²) in [5.41, 5.74) is 5.07. The average molecular weight is 504 g/mol. The number of hydrogen-bond acceptors (Lipinski definition) is 6. The lowest BCUT2D eigenvalue weighted by Gasteiger charge is -2.24. The third kappa shape index (κ3) is 5.76. The summed E-state index contributed by atoms with van der Waals surface area (Å²) in [6.45, 7) is 7.91. The Morgan fingerprint density at radius 1 is 1.19 bits per heavy atom. The van der Waals surface area contributed by atoms with E-state index >= 15 is 0 Å². The number of carboxylic acid groups (broad SMARTS) is 2. The van der Waals surface area contributed by atoms with E-state index in [0.29, 0.717) is 30.1 Å². The zero-order valence-electron chi connectivity index (χ0n) is 20.3. The monoisotopic (exact) mass is 503 g/mol. The first-order valence-corrected chi connectivity index (χ1v) is 12.7. The Morgan fingerprint density at radius 2 is 1.94 bits per heavy atom. The van der Waals surface area contributed by atoms with E-state index in [2.05, 4.69) is 24.9 Å². The molecule has 1 aromatic carbocycles. The van der Waals surface area contributed by atoms with Crippen molar-refractivity contribution in [3.8, 4) is 0 Å². The molecule has 0 saturated carbocycles. The van der Waals surface area contributed by atoms with Gasteiger partial charge in [0.15, 0.2) is 5.82 Å². The van der Waals surface area contributed by atoms with Gasteiger partial charge in [0.25, 0.3) is 0 Å². The van der Waals surface area contributed by atoms with Gasteiger partial charge in [-0.15, -0.1) is 18.3 Å². The average Bonchev–Trinajstić information content (AvgIpc) is 3.32. The molecular weight excluding hydrogens is 474 g/mol. The molecule has 0 saturated heterocycles. The molecule has 4 rings (SSSR count). The highest BCUT2D eigenvalue weighted by Crippen LogP contribution is 2.45. The molecule has 2 heterocycles. The smallest absolute Gasteiger partial charge is 0.331 e. The van der Waals surface area contributed by atoms with E-state index in [1.54, 1.807) is 30.0 Å². The molecule has 36 heavy (non-hydrogen) atoms. The Morgan fingerprint density at radius 3 is 2.58 bits per heavy atom. The Kier molecular flexibility index (Phi) is 7.74. The summed E-state index contributed by atoms with van der Waals surface area (Å²) < 4.78 is 0. The number of benzene rings is 1. The van der Waals surface area contributed by atoms with Gasteiger partial charge in [-0.2, -0.15) is 0 Å². The van der Waals surface area contributed by atoms with Gasteiger partial charge >= 0.3 is 11.9 Å². The predicted octanol–water partition coefficient (Wildman–Crippen LogP) is 5.71. The Bertz CT molecular complexity index is 1290. The van der Waals surface area contributed by atoms with Gasteiger partial charge in [0.1, 0.15) is 5.82 Å². The van der Waals surface area contributed by atoms with Crippen LogP contribution in [0.3, 0.4) is 0 Å². The number of carbonyl (C=O) groups is 2.